The molecule has 96 valence electrons. The number of nitrogens with zero attached hydrogens (tertiary/aromatic N) is 1. The molecule has 1 rings (SSSR count). The van der Waals surface area contributed by atoms with Crippen molar-refractivity contribution in [1.29, 1.82) is 0 Å². The van der Waals surface area contributed by atoms with Crippen molar-refractivity contribution >= 4 is 0 Å². The lowest BCUT2D eigenvalue weighted by atomic mass is 10.1. The number of methoxy groups -OCH3 is 1. The average molecular weight is 228 g/mol. The normalized spacial score (nSPS) is 21.6. The third-order valence-electron chi connectivity index (χ3n) is 3.43. The van der Waals surface area contributed by atoms with Crippen LogP contribution in [0.4, 0.5) is 0 Å². The van der Waals surface area contributed by atoms with Crippen LogP contribution >= 0.6 is 0 Å². The summed E-state index contributed by atoms with van der Waals surface area (Å²) >= 11 is 0. The predicted octanol–water partition coefficient (Wildman–Crippen LogP) is 1.73. The molecule has 1 heterocycles. The second kappa shape index (κ2) is 7.25. The molecule has 1 aliphatic rings. The second-order valence-electron chi connectivity index (χ2n) is 5.37. The summed E-state index contributed by atoms with van der Waals surface area (Å²) in [4.78, 5) is 2.57. The predicted molar refractivity (Wildman–Crippen MR) is 68.8 cm³/mol. The summed E-state index contributed by atoms with van der Waals surface area (Å²) in [6, 6.07) is 0.650. The van der Waals surface area contributed by atoms with Gasteiger partial charge < -0.3 is 10.1 Å². The molecule has 0 aliphatic carbocycles. The van der Waals surface area contributed by atoms with Gasteiger partial charge in [-0.15, -0.1) is 0 Å². The Morgan fingerprint density at radius 3 is 2.31 bits per heavy atom. The van der Waals surface area contributed by atoms with Gasteiger partial charge in [-0.05, 0) is 32.2 Å². The third kappa shape index (κ3) is 4.81. The molecule has 16 heavy (non-hydrogen) atoms. The molecular weight excluding hydrogens is 200 g/mol. The quantitative estimate of drug-likeness (QED) is 0.749. The molecule has 0 aromatic rings. The summed E-state index contributed by atoms with van der Waals surface area (Å²) in [6.45, 7) is 11.4. The maximum atomic E-state index is 5.39. The van der Waals surface area contributed by atoms with Crippen LogP contribution in [-0.2, 0) is 4.74 Å². The molecule has 1 unspecified atom stereocenters. The Labute approximate surface area is 101 Å². The summed E-state index contributed by atoms with van der Waals surface area (Å²) in [5.74, 6) is 0.742. The van der Waals surface area contributed by atoms with Crippen molar-refractivity contribution in [2.45, 2.75) is 45.8 Å². The number of hydrogen-bond donors (Lipinski definition) is 1. The first-order chi connectivity index (χ1) is 7.63. The Kier molecular flexibility index (Phi) is 6.32. The number of rotatable bonds is 6. The smallest absolute Gasteiger partial charge is 0.0595 e. The van der Waals surface area contributed by atoms with E-state index in [1.807, 2.05) is 7.11 Å². The number of nitrogens with one attached hydrogen (secondary N) is 1. The molecule has 0 amide bonds. The van der Waals surface area contributed by atoms with Crippen LogP contribution in [0.2, 0.25) is 0 Å². The average Bonchev–Trinajstić information content (AvgIpc) is 2.28. The minimum Gasteiger partial charge on any atom is -0.381 e. The van der Waals surface area contributed by atoms with Gasteiger partial charge in [0.2, 0.25) is 0 Å². The summed E-state index contributed by atoms with van der Waals surface area (Å²) in [7, 11) is 1.83. The van der Waals surface area contributed by atoms with Crippen molar-refractivity contribution in [1.82, 2.24) is 10.2 Å². The minimum absolute atomic E-state index is 0.493. The Morgan fingerprint density at radius 1 is 1.19 bits per heavy atom. The second-order valence-corrected chi connectivity index (χ2v) is 5.37. The Bertz CT molecular complexity index is 177. The van der Waals surface area contributed by atoms with Crippen LogP contribution in [-0.4, -0.2) is 50.3 Å². The molecule has 1 atom stereocenters. The molecule has 0 aromatic carbocycles. The van der Waals surface area contributed by atoms with E-state index in [-0.39, 0.29) is 0 Å². The monoisotopic (exact) mass is 228 g/mol. The van der Waals surface area contributed by atoms with Crippen LogP contribution in [0.25, 0.3) is 0 Å². The Hall–Kier alpha value is -0.120. The molecule has 3 nitrogen and oxygen atoms in total. The molecule has 1 saturated heterocycles. The van der Waals surface area contributed by atoms with Crippen molar-refractivity contribution in [3.8, 4) is 0 Å². The highest BCUT2D eigenvalue weighted by molar-refractivity contribution is 4.77. The minimum atomic E-state index is 0.493. The fraction of sp³-hybridized carbons (Fsp3) is 1.00. The largest absolute Gasteiger partial charge is 0.381 e. The highest BCUT2D eigenvalue weighted by Crippen LogP contribution is 2.14. The zero-order valence-electron chi connectivity index (χ0n) is 11.3. The van der Waals surface area contributed by atoms with Crippen molar-refractivity contribution < 1.29 is 4.74 Å². The van der Waals surface area contributed by atoms with E-state index in [0.29, 0.717) is 12.1 Å². The molecule has 0 radical (unpaired) electrons. The van der Waals surface area contributed by atoms with Gasteiger partial charge in [0.15, 0.2) is 0 Å². The Balaban J connectivity index is 2.15. The highest BCUT2D eigenvalue weighted by Gasteiger charge is 2.21. The summed E-state index contributed by atoms with van der Waals surface area (Å²) in [5, 5.41) is 3.53. The van der Waals surface area contributed by atoms with E-state index in [9.17, 15) is 0 Å². The molecule has 1 fully saturated rings. The molecule has 0 bridgehead atoms. The lowest BCUT2D eigenvalue weighted by Crippen LogP contribution is -2.46. The first kappa shape index (κ1) is 13.9. The van der Waals surface area contributed by atoms with Crippen molar-refractivity contribution in [2.24, 2.45) is 5.92 Å². The van der Waals surface area contributed by atoms with Gasteiger partial charge >= 0.3 is 0 Å². The van der Waals surface area contributed by atoms with Crippen LogP contribution in [0.15, 0.2) is 0 Å². The topological polar surface area (TPSA) is 24.5 Å². The highest BCUT2D eigenvalue weighted by atomic mass is 16.5. The lowest BCUT2D eigenvalue weighted by Gasteiger charge is -2.35. The van der Waals surface area contributed by atoms with E-state index >= 15 is 0 Å². The first-order valence-corrected chi connectivity index (χ1v) is 6.61. The van der Waals surface area contributed by atoms with E-state index in [1.54, 1.807) is 0 Å². The van der Waals surface area contributed by atoms with Crippen LogP contribution < -0.4 is 5.32 Å². The maximum absolute atomic E-state index is 5.39. The van der Waals surface area contributed by atoms with E-state index in [0.717, 1.165) is 19.0 Å². The van der Waals surface area contributed by atoms with Gasteiger partial charge in [-0.3, -0.25) is 4.90 Å². The first-order valence-electron chi connectivity index (χ1n) is 6.61. The fourth-order valence-corrected chi connectivity index (χ4v) is 2.26. The number of hydrogen-bond acceptors (Lipinski definition) is 3. The number of likely N-dealkylation sites (tertiary alicyclic amines) is 1. The lowest BCUT2D eigenvalue weighted by molar-refractivity contribution is 0.0297. The van der Waals surface area contributed by atoms with Crippen molar-refractivity contribution in [2.75, 3.05) is 33.3 Å². The van der Waals surface area contributed by atoms with Crippen LogP contribution in [0.5, 0.6) is 0 Å². The van der Waals surface area contributed by atoms with Crippen molar-refractivity contribution in [3.63, 3.8) is 0 Å². The maximum Gasteiger partial charge on any atom is 0.0595 e. The summed E-state index contributed by atoms with van der Waals surface area (Å²) in [6.07, 6.45) is 2.86. The summed E-state index contributed by atoms with van der Waals surface area (Å²) in [5.41, 5.74) is 0. The molecule has 1 N–H and O–H groups in total. The number of ether oxygens (including phenoxy) is 1. The fourth-order valence-electron chi connectivity index (χ4n) is 2.26. The van der Waals surface area contributed by atoms with E-state index in [4.69, 9.17) is 4.74 Å². The van der Waals surface area contributed by atoms with E-state index < -0.39 is 0 Å². The van der Waals surface area contributed by atoms with Gasteiger partial charge in [0, 0.05) is 32.8 Å². The van der Waals surface area contributed by atoms with Crippen molar-refractivity contribution in [3.05, 3.63) is 0 Å². The van der Waals surface area contributed by atoms with Gasteiger partial charge in [-0.2, -0.15) is 0 Å². The molecular formula is C13H28N2O. The number of piperidine rings is 1. The molecule has 0 saturated carbocycles. The van der Waals surface area contributed by atoms with Crippen LogP contribution in [0.1, 0.15) is 33.6 Å². The Morgan fingerprint density at radius 2 is 1.81 bits per heavy atom. The van der Waals surface area contributed by atoms with Gasteiger partial charge in [-0.25, -0.2) is 0 Å². The molecule has 0 spiro atoms. The third-order valence-corrected chi connectivity index (χ3v) is 3.43. The molecule has 1 aliphatic heterocycles. The molecule has 0 aromatic heterocycles. The van der Waals surface area contributed by atoms with Gasteiger partial charge in [0.1, 0.15) is 0 Å². The summed E-state index contributed by atoms with van der Waals surface area (Å²) < 4.78 is 5.39. The van der Waals surface area contributed by atoms with Gasteiger partial charge in [0.25, 0.3) is 0 Å². The molecule has 3 heteroatoms. The van der Waals surface area contributed by atoms with Gasteiger partial charge in [-0.1, -0.05) is 13.8 Å². The zero-order chi connectivity index (χ0) is 12.0. The zero-order valence-corrected chi connectivity index (χ0v) is 11.3. The van der Waals surface area contributed by atoms with E-state index in [2.05, 4.69) is 31.0 Å². The van der Waals surface area contributed by atoms with Crippen LogP contribution in [0, 0.1) is 5.92 Å². The van der Waals surface area contributed by atoms with Gasteiger partial charge in [0.05, 0.1) is 6.10 Å². The van der Waals surface area contributed by atoms with Crippen LogP contribution in [0.3, 0.4) is 0 Å². The standard InChI is InChI=1S/C13H28N2O/c1-11(2)9-14-10-12(3)15-7-5-13(16-4)6-8-15/h11-14H,5-10H2,1-4H3. The SMILES string of the molecule is COC1CCN(C(C)CNCC(C)C)CC1. The van der Waals surface area contributed by atoms with E-state index in [1.165, 1.54) is 25.9 Å².